The molecule has 0 aliphatic heterocycles. The number of halogens is 1. The van der Waals surface area contributed by atoms with E-state index in [1.165, 1.54) is 19.5 Å². The topological polar surface area (TPSA) is 59.1 Å². The van der Waals surface area contributed by atoms with Crippen LogP contribution in [0.15, 0.2) is 24.5 Å². The molecule has 106 valence electrons. The van der Waals surface area contributed by atoms with E-state index in [4.69, 9.17) is 4.74 Å². The van der Waals surface area contributed by atoms with E-state index in [-0.39, 0.29) is 5.82 Å². The lowest BCUT2D eigenvalue weighted by Crippen LogP contribution is -2.06. The van der Waals surface area contributed by atoms with Crippen molar-refractivity contribution < 1.29 is 9.13 Å². The van der Waals surface area contributed by atoms with Gasteiger partial charge in [-0.15, -0.1) is 0 Å². The standard InChI is InChI=1S/C14H17FN4O/c1-4-16-13-9(2)14(18-8-17-13)19-12-7-10(20-3)5-6-11(12)15/h5-8H,4H2,1-3H3,(H2,16,17,18,19). The Hall–Kier alpha value is -2.37. The molecular weight excluding hydrogens is 259 g/mol. The lowest BCUT2D eigenvalue weighted by Gasteiger charge is -2.13. The molecule has 0 radical (unpaired) electrons. The molecule has 0 aliphatic carbocycles. The first-order valence-corrected chi connectivity index (χ1v) is 6.31. The number of hydrogen-bond donors (Lipinski definition) is 2. The molecule has 2 rings (SSSR count). The van der Waals surface area contributed by atoms with Gasteiger partial charge in [0, 0.05) is 18.2 Å². The lowest BCUT2D eigenvalue weighted by molar-refractivity contribution is 0.414. The van der Waals surface area contributed by atoms with Crippen LogP contribution >= 0.6 is 0 Å². The summed E-state index contributed by atoms with van der Waals surface area (Å²) in [5.74, 6) is 1.50. The fourth-order valence-corrected chi connectivity index (χ4v) is 1.78. The molecule has 0 saturated carbocycles. The molecule has 5 nitrogen and oxygen atoms in total. The summed E-state index contributed by atoms with van der Waals surface area (Å²) < 4.78 is 18.9. The zero-order valence-electron chi connectivity index (χ0n) is 11.7. The first kappa shape index (κ1) is 14.0. The van der Waals surface area contributed by atoms with Crippen molar-refractivity contribution in [2.24, 2.45) is 0 Å². The van der Waals surface area contributed by atoms with Gasteiger partial charge in [0.05, 0.1) is 12.8 Å². The number of nitrogens with one attached hydrogen (secondary N) is 2. The van der Waals surface area contributed by atoms with Gasteiger partial charge in [-0.25, -0.2) is 14.4 Å². The summed E-state index contributed by atoms with van der Waals surface area (Å²) in [6.07, 6.45) is 1.44. The fraction of sp³-hybridized carbons (Fsp3) is 0.286. The van der Waals surface area contributed by atoms with Gasteiger partial charge in [-0.1, -0.05) is 0 Å². The van der Waals surface area contributed by atoms with Crippen molar-refractivity contribution in [1.82, 2.24) is 9.97 Å². The molecule has 0 saturated heterocycles. The van der Waals surface area contributed by atoms with Gasteiger partial charge in [0.25, 0.3) is 0 Å². The van der Waals surface area contributed by atoms with Crippen molar-refractivity contribution in [2.75, 3.05) is 24.3 Å². The van der Waals surface area contributed by atoms with Crippen molar-refractivity contribution >= 4 is 17.3 Å². The summed E-state index contributed by atoms with van der Waals surface area (Å²) in [5, 5.41) is 6.10. The molecular formula is C14H17FN4O. The number of benzene rings is 1. The number of aromatic nitrogens is 2. The van der Waals surface area contributed by atoms with Crippen LogP contribution < -0.4 is 15.4 Å². The number of anilines is 3. The Morgan fingerprint density at radius 2 is 2.00 bits per heavy atom. The second-order valence-corrected chi connectivity index (χ2v) is 4.20. The third-order valence-corrected chi connectivity index (χ3v) is 2.85. The van der Waals surface area contributed by atoms with Gasteiger partial charge in [-0.2, -0.15) is 0 Å². The Bertz CT molecular complexity index is 604. The lowest BCUT2D eigenvalue weighted by atomic mass is 10.2. The van der Waals surface area contributed by atoms with Crippen LogP contribution in [-0.4, -0.2) is 23.6 Å². The average molecular weight is 276 g/mol. The number of ether oxygens (including phenoxy) is 1. The molecule has 6 heteroatoms. The Morgan fingerprint density at radius 1 is 1.25 bits per heavy atom. The predicted octanol–water partition coefficient (Wildman–Crippen LogP) is 3.11. The van der Waals surface area contributed by atoms with E-state index >= 15 is 0 Å². The van der Waals surface area contributed by atoms with E-state index in [1.54, 1.807) is 12.1 Å². The molecule has 0 bridgehead atoms. The average Bonchev–Trinajstić information content (AvgIpc) is 2.45. The monoisotopic (exact) mass is 276 g/mol. The maximum Gasteiger partial charge on any atom is 0.146 e. The molecule has 20 heavy (non-hydrogen) atoms. The van der Waals surface area contributed by atoms with Gasteiger partial charge in [-0.3, -0.25) is 0 Å². The molecule has 0 unspecified atom stereocenters. The quantitative estimate of drug-likeness (QED) is 0.878. The number of rotatable bonds is 5. The van der Waals surface area contributed by atoms with E-state index < -0.39 is 0 Å². The van der Waals surface area contributed by atoms with Gasteiger partial charge >= 0.3 is 0 Å². The minimum absolute atomic E-state index is 0.314. The first-order chi connectivity index (χ1) is 9.65. The van der Waals surface area contributed by atoms with Crippen LogP contribution in [0.5, 0.6) is 5.75 Å². The molecule has 0 amide bonds. The largest absolute Gasteiger partial charge is 0.497 e. The summed E-state index contributed by atoms with van der Waals surface area (Å²) in [6, 6.07) is 4.50. The maximum absolute atomic E-state index is 13.8. The third kappa shape index (κ3) is 2.96. The first-order valence-electron chi connectivity index (χ1n) is 6.31. The van der Waals surface area contributed by atoms with Crippen LogP contribution in [-0.2, 0) is 0 Å². The van der Waals surface area contributed by atoms with E-state index in [1.807, 2.05) is 13.8 Å². The van der Waals surface area contributed by atoms with Crippen LogP contribution in [0.3, 0.4) is 0 Å². The summed E-state index contributed by atoms with van der Waals surface area (Å²) in [6.45, 7) is 4.61. The normalized spacial score (nSPS) is 10.2. The van der Waals surface area contributed by atoms with E-state index in [0.717, 1.165) is 17.9 Å². The summed E-state index contributed by atoms with van der Waals surface area (Å²) in [4.78, 5) is 8.29. The van der Waals surface area contributed by atoms with Crippen molar-refractivity contribution in [3.05, 3.63) is 35.9 Å². The SMILES string of the molecule is CCNc1ncnc(Nc2cc(OC)ccc2F)c1C. The number of methoxy groups -OCH3 is 1. The molecule has 0 aliphatic rings. The van der Waals surface area contributed by atoms with Crippen LogP contribution in [0, 0.1) is 12.7 Å². The van der Waals surface area contributed by atoms with Crippen molar-refractivity contribution in [2.45, 2.75) is 13.8 Å². The highest BCUT2D eigenvalue weighted by Crippen LogP contribution is 2.26. The smallest absolute Gasteiger partial charge is 0.146 e. The van der Waals surface area contributed by atoms with Crippen molar-refractivity contribution in [1.29, 1.82) is 0 Å². The molecule has 1 aromatic heterocycles. The molecule has 0 fully saturated rings. The van der Waals surface area contributed by atoms with E-state index in [2.05, 4.69) is 20.6 Å². The molecule has 2 N–H and O–H groups in total. The molecule has 0 atom stereocenters. The Kier molecular flexibility index (Phi) is 4.34. The van der Waals surface area contributed by atoms with Crippen LogP contribution in [0.4, 0.5) is 21.7 Å². The Balaban J connectivity index is 2.32. The van der Waals surface area contributed by atoms with Crippen LogP contribution in [0.1, 0.15) is 12.5 Å². The fourth-order valence-electron chi connectivity index (χ4n) is 1.78. The van der Waals surface area contributed by atoms with Crippen molar-refractivity contribution in [3.63, 3.8) is 0 Å². The van der Waals surface area contributed by atoms with Gasteiger partial charge in [0.15, 0.2) is 0 Å². The van der Waals surface area contributed by atoms with E-state index in [0.29, 0.717) is 17.3 Å². The number of nitrogens with zero attached hydrogens (tertiary/aromatic N) is 2. The van der Waals surface area contributed by atoms with Gasteiger partial charge in [0.2, 0.25) is 0 Å². The molecule has 2 aromatic rings. The number of hydrogen-bond acceptors (Lipinski definition) is 5. The van der Waals surface area contributed by atoms with Gasteiger partial charge < -0.3 is 15.4 Å². The summed E-state index contributed by atoms with van der Waals surface area (Å²) in [5.41, 5.74) is 1.14. The third-order valence-electron chi connectivity index (χ3n) is 2.85. The summed E-state index contributed by atoms with van der Waals surface area (Å²) in [7, 11) is 1.54. The van der Waals surface area contributed by atoms with E-state index in [9.17, 15) is 4.39 Å². The van der Waals surface area contributed by atoms with Gasteiger partial charge in [0.1, 0.15) is 29.5 Å². The zero-order chi connectivity index (χ0) is 14.5. The Morgan fingerprint density at radius 3 is 2.70 bits per heavy atom. The highest BCUT2D eigenvalue weighted by atomic mass is 19.1. The molecule has 1 heterocycles. The molecule has 0 spiro atoms. The second-order valence-electron chi connectivity index (χ2n) is 4.20. The zero-order valence-corrected chi connectivity index (χ0v) is 11.7. The van der Waals surface area contributed by atoms with Crippen molar-refractivity contribution in [3.8, 4) is 5.75 Å². The minimum atomic E-state index is -0.367. The highest BCUT2D eigenvalue weighted by molar-refractivity contribution is 5.65. The van der Waals surface area contributed by atoms with Crippen LogP contribution in [0.2, 0.25) is 0 Å². The Labute approximate surface area is 117 Å². The minimum Gasteiger partial charge on any atom is -0.497 e. The van der Waals surface area contributed by atoms with Crippen LogP contribution in [0.25, 0.3) is 0 Å². The summed E-state index contributed by atoms with van der Waals surface area (Å²) >= 11 is 0. The highest BCUT2D eigenvalue weighted by Gasteiger charge is 2.10. The predicted molar refractivity (Wildman–Crippen MR) is 77.2 cm³/mol. The molecule has 1 aromatic carbocycles. The van der Waals surface area contributed by atoms with Gasteiger partial charge in [-0.05, 0) is 26.0 Å². The maximum atomic E-state index is 13.8. The second kappa shape index (κ2) is 6.18.